The Morgan fingerprint density at radius 2 is 1.88 bits per heavy atom. The number of likely N-dealkylation sites (tertiary alicyclic amines) is 1. The summed E-state index contributed by atoms with van der Waals surface area (Å²) in [7, 11) is 0. The second-order valence-electron chi connectivity index (χ2n) is 6.28. The van der Waals surface area contributed by atoms with Gasteiger partial charge in [-0.2, -0.15) is 0 Å². The highest BCUT2D eigenvalue weighted by molar-refractivity contribution is 6.42. The van der Waals surface area contributed by atoms with E-state index in [0.717, 1.165) is 43.1 Å². The van der Waals surface area contributed by atoms with E-state index in [9.17, 15) is 4.79 Å². The third-order valence-electron chi connectivity index (χ3n) is 4.42. The Labute approximate surface area is 162 Å². The van der Waals surface area contributed by atoms with Gasteiger partial charge in [-0.15, -0.1) is 0 Å². The lowest BCUT2D eigenvalue weighted by Gasteiger charge is -2.32. The van der Waals surface area contributed by atoms with Crippen LogP contribution < -0.4 is 5.32 Å². The molecule has 1 saturated heterocycles. The van der Waals surface area contributed by atoms with Crippen molar-refractivity contribution >= 4 is 46.4 Å². The van der Waals surface area contributed by atoms with E-state index in [1.807, 2.05) is 24.3 Å². The lowest BCUT2D eigenvalue weighted by atomic mass is 9.96. The van der Waals surface area contributed by atoms with Crippen LogP contribution in [0.5, 0.6) is 0 Å². The maximum absolute atomic E-state index is 12.6. The molecule has 1 unspecified atom stereocenters. The van der Waals surface area contributed by atoms with E-state index in [-0.39, 0.29) is 11.8 Å². The molecule has 3 rings (SSSR count). The van der Waals surface area contributed by atoms with Crippen LogP contribution in [0.4, 0.5) is 5.69 Å². The molecule has 0 saturated carbocycles. The first kappa shape index (κ1) is 18.5. The molecule has 25 heavy (non-hydrogen) atoms. The number of hydrogen-bond donors (Lipinski definition) is 1. The zero-order chi connectivity index (χ0) is 17.8. The SMILES string of the molecule is O=C(Nc1ccc(Cl)c(Cl)c1)C1CCCN(Cc2ccccc2Cl)C1. The molecule has 1 aliphatic rings. The van der Waals surface area contributed by atoms with Gasteiger partial charge in [0.05, 0.1) is 16.0 Å². The Hall–Kier alpha value is -1.26. The molecule has 2 aromatic rings. The minimum absolute atomic E-state index is 0.0160. The Morgan fingerprint density at radius 1 is 1.08 bits per heavy atom. The average Bonchev–Trinajstić information content (AvgIpc) is 2.60. The van der Waals surface area contributed by atoms with Crippen LogP contribution in [0.2, 0.25) is 15.1 Å². The van der Waals surface area contributed by atoms with Gasteiger partial charge >= 0.3 is 0 Å². The number of amides is 1. The Balaban J connectivity index is 1.61. The van der Waals surface area contributed by atoms with Gasteiger partial charge in [-0.05, 0) is 49.2 Å². The molecule has 0 radical (unpaired) electrons. The predicted molar refractivity (Wildman–Crippen MR) is 105 cm³/mol. The predicted octanol–water partition coefficient (Wildman–Crippen LogP) is 5.50. The highest BCUT2D eigenvalue weighted by Crippen LogP contribution is 2.27. The monoisotopic (exact) mass is 396 g/mol. The number of carbonyl (C=O) groups is 1. The lowest BCUT2D eigenvalue weighted by Crippen LogP contribution is -2.40. The number of carbonyl (C=O) groups excluding carboxylic acids is 1. The van der Waals surface area contributed by atoms with Crippen molar-refractivity contribution in [2.75, 3.05) is 18.4 Å². The van der Waals surface area contributed by atoms with Crippen molar-refractivity contribution < 1.29 is 4.79 Å². The third-order valence-corrected chi connectivity index (χ3v) is 5.52. The van der Waals surface area contributed by atoms with Crippen molar-refractivity contribution in [3.8, 4) is 0 Å². The van der Waals surface area contributed by atoms with Crippen LogP contribution in [0.1, 0.15) is 18.4 Å². The van der Waals surface area contributed by atoms with Gasteiger partial charge in [-0.3, -0.25) is 9.69 Å². The quantitative estimate of drug-likeness (QED) is 0.739. The van der Waals surface area contributed by atoms with Crippen LogP contribution in [0.25, 0.3) is 0 Å². The van der Waals surface area contributed by atoms with Crippen molar-refractivity contribution in [3.63, 3.8) is 0 Å². The van der Waals surface area contributed by atoms with Gasteiger partial charge in [0.15, 0.2) is 0 Å². The smallest absolute Gasteiger partial charge is 0.228 e. The Bertz CT molecular complexity index is 766. The standard InChI is InChI=1S/C19H19Cl3N2O/c20-16-6-2-1-4-13(16)11-24-9-3-5-14(12-24)19(25)23-15-7-8-17(21)18(22)10-15/h1-2,4,6-8,10,14H,3,5,9,11-12H2,(H,23,25). The fourth-order valence-corrected chi connectivity index (χ4v) is 3.59. The molecule has 132 valence electrons. The van der Waals surface area contributed by atoms with Crippen LogP contribution in [-0.4, -0.2) is 23.9 Å². The largest absolute Gasteiger partial charge is 0.326 e. The van der Waals surface area contributed by atoms with Crippen LogP contribution in [0.15, 0.2) is 42.5 Å². The lowest BCUT2D eigenvalue weighted by molar-refractivity contribution is -0.121. The fraction of sp³-hybridized carbons (Fsp3) is 0.316. The van der Waals surface area contributed by atoms with E-state index in [2.05, 4.69) is 10.2 Å². The minimum Gasteiger partial charge on any atom is -0.326 e. The number of rotatable bonds is 4. The van der Waals surface area contributed by atoms with Crippen LogP contribution in [0, 0.1) is 5.92 Å². The van der Waals surface area contributed by atoms with Crippen molar-refractivity contribution in [1.29, 1.82) is 0 Å². The number of nitrogens with one attached hydrogen (secondary N) is 1. The molecule has 2 aromatic carbocycles. The van der Waals surface area contributed by atoms with Gasteiger partial charge in [0.2, 0.25) is 5.91 Å². The Kier molecular flexibility index (Phi) is 6.24. The first-order valence-electron chi connectivity index (χ1n) is 8.24. The number of hydrogen-bond acceptors (Lipinski definition) is 2. The number of halogens is 3. The molecule has 0 bridgehead atoms. The van der Waals surface area contributed by atoms with Gasteiger partial charge in [0, 0.05) is 23.8 Å². The van der Waals surface area contributed by atoms with Crippen molar-refractivity contribution in [3.05, 3.63) is 63.1 Å². The maximum atomic E-state index is 12.6. The first-order chi connectivity index (χ1) is 12.0. The van der Waals surface area contributed by atoms with E-state index in [4.69, 9.17) is 34.8 Å². The van der Waals surface area contributed by atoms with Gasteiger partial charge in [-0.25, -0.2) is 0 Å². The van der Waals surface area contributed by atoms with Crippen LogP contribution >= 0.6 is 34.8 Å². The molecule has 0 aromatic heterocycles. The van der Waals surface area contributed by atoms with Crippen molar-refractivity contribution in [2.24, 2.45) is 5.92 Å². The maximum Gasteiger partial charge on any atom is 0.228 e. The van der Waals surface area contributed by atoms with E-state index >= 15 is 0 Å². The molecular weight excluding hydrogens is 379 g/mol. The summed E-state index contributed by atoms with van der Waals surface area (Å²) in [5.74, 6) is -0.0343. The van der Waals surface area contributed by atoms with E-state index in [1.54, 1.807) is 18.2 Å². The molecule has 3 nitrogen and oxygen atoms in total. The molecule has 1 fully saturated rings. The minimum atomic E-state index is -0.0503. The zero-order valence-corrected chi connectivity index (χ0v) is 15.9. The summed E-state index contributed by atoms with van der Waals surface area (Å²) in [5, 5.41) is 4.62. The second kappa shape index (κ2) is 8.41. The summed E-state index contributed by atoms with van der Waals surface area (Å²) in [4.78, 5) is 14.9. The first-order valence-corrected chi connectivity index (χ1v) is 9.38. The molecule has 1 aliphatic heterocycles. The Morgan fingerprint density at radius 3 is 2.64 bits per heavy atom. The van der Waals surface area contributed by atoms with Gasteiger partial charge in [-0.1, -0.05) is 53.0 Å². The van der Waals surface area contributed by atoms with Gasteiger partial charge in [0.1, 0.15) is 0 Å². The van der Waals surface area contributed by atoms with Gasteiger partial charge < -0.3 is 5.32 Å². The molecule has 1 atom stereocenters. The third kappa shape index (κ3) is 4.89. The van der Waals surface area contributed by atoms with Crippen LogP contribution in [0.3, 0.4) is 0 Å². The van der Waals surface area contributed by atoms with E-state index in [1.165, 1.54) is 0 Å². The number of nitrogens with zero attached hydrogens (tertiary/aromatic N) is 1. The summed E-state index contributed by atoms with van der Waals surface area (Å²) in [6.07, 6.45) is 1.87. The second-order valence-corrected chi connectivity index (χ2v) is 7.51. The molecule has 1 amide bonds. The van der Waals surface area contributed by atoms with E-state index < -0.39 is 0 Å². The summed E-state index contributed by atoms with van der Waals surface area (Å²) in [6.45, 7) is 2.45. The normalized spacial score (nSPS) is 18.1. The van der Waals surface area contributed by atoms with Gasteiger partial charge in [0.25, 0.3) is 0 Å². The summed E-state index contributed by atoms with van der Waals surface area (Å²) in [6, 6.07) is 13.0. The van der Waals surface area contributed by atoms with E-state index in [0.29, 0.717) is 15.7 Å². The molecule has 6 heteroatoms. The summed E-state index contributed by atoms with van der Waals surface area (Å²) >= 11 is 18.2. The molecular formula is C19H19Cl3N2O. The molecule has 0 aliphatic carbocycles. The molecule has 1 heterocycles. The number of anilines is 1. The number of benzene rings is 2. The van der Waals surface area contributed by atoms with Crippen LogP contribution in [-0.2, 0) is 11.3 Å². The zero-order valence-electron chi connectivity index (χ0n) is 13.6. The summed E-state index contributed by atoms with van der Waals surface area (Å²) in [5.41, 5.74) is 1.76. The summed E-state index contributed by atoms with van der Waals surface area (Å²) < 4.78 is 0. The highest BCUT2D eigenvalue weighted by atomic mass is 35.5. The topological polar surface area (TPSA) is 32.3 Å². The molecule has 0 spiro atoms. The average molecular weight is 398 g/mol. The fourth-order valence-electron chi connectivity index (χ4n) is 3.10. The highest BCUT2D eigenvalue weighted by Gasteiger charge is 2.26. The number of piperidine rings is 1. The van der Waals surface area contributed by atoms with Crippen molar-refractivity contribution in [2.45, 2.75) is 19.4 Å². The van der Waals surface area contributed by atoms with Crippen molar-refractivity contribution in [1.82, 2.24) is 4.90 Å². The molecule has 1 N–H and O–H groups in total.